The summed E-state index contributed by atoms with van der Waals surface area (Å²) in [4.78, 5) is 22.6. The molecule has 0 unspecified atom stereocenters. The molecule has 0 spiro atoms. The molecule has 9 heteroatoms. The van der Waals surface area contributed by atoms with Crippen molar-refractivity contribution < 1.29 is 14.5 Å². The molecule has 9 nitrogen and oxygen atoms in total. The lowest BCUT2D eigenvalue weighted by Crippen LogP contribution is -2.02. The van der Waals surface area contributed by atoms with Crippen LogP contribution in [0, 0.1) is 10.1 Å². The number of ketones is 1. The summed E-state index contributed by atoms with van der Waals surface area (Å²) >= 11 is 0. The third-order valence-corrected chi connectivity index (χ3v) is 4.14. The van der Waals surface area contributed by atoms with E-state index in [4.69, 9.17) is 4.74 Å². The summed E-state index contributed by atoms with van der Waals surface area (Å²) in [6.07, 6.45) is 9.00. The number of carbonyl (C=O) groups is 1. The molecule has 0 saturated carbocycles. The van der Waals surface area contributed by atoms with Crippen LogP contribution in [0.1, 0.15) is 28.4 Å². The Bertz CT molecular complexity index is 1030. The third-order valence-electron chi connectivity index (χ3n) is 4.14. The maximum atomic E-state index is 12.3. The summed E-state index contributed by atoms with van der Waals surface area (Å²) in [5.41, 5.74) is 2.03. The normalized spacial score (nSPS) is 11.1. The van der Waals surface area contributed by atoms with Gasteiger partial charge in [-0.2, -0.15) is 10.2 Å². The van der Waals surface area contributed by atoms with Crippen LogP contribution >= 0.6 is 0 Å². The SMILES string of the molecule is CCn1cc(C(=O)/C=C/c2ccc(OC)c(Cn3cc([N+](=O)[O-])cn3)c2)cn1. The number of carbonyl (C=O) groups excluding carboxylic acids is 1. The molecule has 0 aliphatic carbocycles. The van der Waals surface area contributed by atoms with E-state index in [1.807, 2.05) is 19.1 Å². The molecule has 0 saturated heterocycles. The molecule has 0 aliphatic rings. The molecule has 2 aromatic heterocycles. The molecule has 1 aromatic carbocycles. The Morgan fingerprint density at radius 1 is 1.25 bits per heavy atom. The molecule has 0 fully saturated rings. The van der Waals surface area contributed by atoms with Crippen molar-refractivity contribution in [3.8, 4) is 5.75 Å². The Labute approximate surface area is 161 Å². The third kappa shape index (κ3) is 4.32. The Hall–Kier alpha value is -3.75. The molecule has 3 aromatic rings. The molecule has 0 aliphatic heterocycles. The van der Waals surface area contributed by atoms with Gasteiger partial charge in [-0.25, -0.2) is 0 Å². The van der Waals surface area contributed by atoms with Gasteiger partial charge in [0.05, 0.1) is 30.3 Å². The Morgan fingerprint density at radius 2 is 2.04 bits per heavy atom. The molecule has 0 atom stereocenters. The molecule has 144 valence electrons. The van der Waals surface area contributed by atoms with Gasteiger partial charge in [0.15, 0.2) is 5.78 Å². The van der Waals surface area contributed by atoms with Gasteiger partial charge in [-0.15, -0.1) is 0 Å². The smallest absolute Gasteiger partial charge is 0.307 e. The highest BCUT2D eigenvalue weighted by Gasteiger charge is 2.11. The number of allylic oxidation sites excluding steroid dienone is 1. The van der Waals surface area contributed by atoms with Crippen molar-refractivity contribution in [3.05, 3.63) is 75.9 Å². The fourth-order valence-electron chi connectivity index (χ4n) is 2.67. The maximum absolute atomic E-state index is 12.3. The van der Waals surface area contributed by atoms with Crippen LogP contribution in [-0.2, 0) is 13.1 Å². The van der Waals surface area contributed by atoms with Gasteiger partial charge in [0, 0.05) is 18.3 Å². The van der Waals surface area contributed by atoms with Crippen LogP contribution in [0.15, 0.2) is 49.1 Å². The van der Waals surface area contributed by atoms with Crippen molar-refractivity contribution >= 4 is 17.5 Å². The van der Waals surface area contributed by atoms with Gasteiger partial charge in [-0.05, 0) is 30.7 Å². The van der Waals surface area contributed by atoms with Crippen LogP contribution in [-0.4, -0.2) is 37.4 Å². The van der Waals surface area contributed by atoms with E-state index in [2.05, 4.69) is 10.2 Å². The van der Waals surface area contributed by atoms with Crippen molar-refractivity contribution in [2.75, 3.05) is 7.11 Å². The zero-order valence-corrected chi connectivity index (χ0v) is 15.5. The number of methoxy groups -OCH3 is 1. The zero-order chi connectivity index (χ0) is 20.1. The second-order valence-electron chi connectivity index (χ2n) is 6.01. The topological polar surface area (TPSA) is 105 Å². The van der Waals surface area contributed by atoms with Gasteiger partial charge in [-0.1, -0.05) is 12.1 Å². The Morgan fingerprint density at radius 3 is 2.68 bits per heavy atom. The van der Waals surface area contributed by atoms with Gasteiger partial charge in [0.25, 0.3) is 0 Å². The van der Waals surface area contributed by atoms with Crippen LogP contribution in [0.25, 0.3) is 6.08 Å². The van der Waals surface area contributed by atoms with Crippen molar-refractivity contribution in [1.82, 2.24) is 19.6 Å². The predicted molar refractivity (Wildman–Crippen MR) is 102 cm³/mol. The average Bonchev–Trinajstić information content (AvgIpc) is 3.36. The lowest BCUT2D eigenvalue weighted by molar-refractivity contribution is -0.385. The van der Waals surface area contributed by atoms with E-state index in [9.17, 15) is 14.9 Å². The molecule has 0 bridgehead atoms. The summed E-state index contributed by atoms with van der Waals surface area (Å²) in [5, 5.41) is 18.9. The van der Waals surface area contributed by atoms with Crippen LogP contribution in [0.5, 0.6) is 5.75 Å². The van der Waals surface area contributed by atoms with Crippen molar-refractivity contribution in [3.63, 3.8) is 0 Å². The summed E-state index contributed by atoms with van der Waals surface area (Å²) < 4.78 is 8.52. The number of benzene rings is 1. The molecule has 28 heavy (non-hydrogen) atoms. The largest absolute Gasteiger partial charge is 0.496 e. The number of nitro groups is 1. The molecule has 2 heterocycles. The minimum atomic E-state index is -0.494. The van der Waals surface area contributed by atoms with E-state index in [0.717, 1.165) is 11.1 Å². The number of ether oxygens (including phenoxy) is 1. The number of hydrogen-bond acceptors (Lipinski definition) is 6. The lowest BCUT2D eigenvalue weighted by Gasteiger charge is -2.09. The number of nitrogens with zero attached hydrogens (tertiary/aromatic N) is 5. The van der Waals surface area contributed by atoms with Gasteiger partial charge in [0.1, 0.15) is 18.1 Å². The van der Waals surface area contributed by atoms with E-state index in [1.165, 1.54) is 23.2 Å². The van der Waals surface area contributed by atoms with E-state index in [0.29, 0.717) is 24.4 Å². The second-order valence-corrected chi connectivity index (χ2v) is 6.01. The first-order valence-electron chi connectivity index (χ1n) is 8.58. The molecular formula is C19H19N5O4. The molecule has 3 rings (SSSR count). The maximum Gasteiger partial charge on any atom is 0.307 e. The first kappa shape index (κ1) is 19.0. The van der Waals surface area contributed by atoms with E-state index < -0.39 is 4.92 Å². The molecule has 0 amide bonds. The Kier molecular flexibility index (Phi) is 5.64. The fourth-order valence-corrected chi connectivity index (χ4v) is 2.67. The highest BCUT2D eigenvalue weighted by atomic mass is 16.6. The van der Waals surface area contributed by atoms with Gasteiger partial charge >= 0.3 is 5.69 Å². The van der Waals surface area contributed by atoms with Crippen LogP contribution in [0.3, 0.4) is 0 Å². The minimum Gasteiger partial charge on any atom is -0.496 e. The minimum absolute atomic E-state index is 0.0757. The number of rotatable bonds is 8. The van der Waals surface area contributed by atoms with Crippen molar-refractivity contribution in [1.29, 1.82) is 0 Å². The highest BCUT2D eigenvalue weighted by Crippen LogP contribution is 2.22. The van der Waals surface area contributed by atoms with Gasteiger partial charge < -0.3 is 4.74 Å². The zero-order valence-electron chi connectivity index (χ0n) is 15.5. The van der Waals surface area contributed by atoms with Crippen LogP contribution < -0.4 is 4.74 Å². The van der Waals surface area contributed by atoms with E-state index in [-0.39, 0.29) is 11.5 Å². The number of aryl methyl sites for hydroxylation is 1. The summed E-state index contributed by atoms with van der Waals surface area (Å²) in [5.74, 6) is 0.491. The van der Waals surface area contributed by atoms with Crippen molar-refractivity contribution in [2.45, 2.75) is 20.0 Å². The fraction of sp³-hybridized carbons (Fsp3) is 0.211. The van der Waals surface area contributed by atoms with Gasteiger partial charge in [-0.3, -0.25) is 24.3 Å². The van der Waals surface area contributed by atoms with Crippen LogP contribution in [0.2, 0.25) is 0 Å². The predicted octanol–water partition coefficient (Wildman–Crippen LogP) is 2.96. The summed E-state index contributed by atoms with van der Waals surface area (Å²) in [6, 6.07) is 5.46. The molecular weight excluding hydrogens is 362 g/mol. The molecule has 0 radical (unpaired) electrons. The standard InChI is InChI=1S/C19H19N5O4/c1-3-22-12-16(9-20-22)18(25)6-4-14-5-7-19(28-2)15(8-14)11-23-13-17(10-21-23)24(26)27/h4-10,12-13H,3,11H2,1-2H3/b6-4+. The number of hydrogen-bond donors (Lipinski definition) is 0. The van der Waals surface area contributed by atoms with E-state index >= 15 is 0 Å². The quantitative estimate of drug-likeness (QED) is 0.257. The first-order valence-corrected chi connectivity index (χ1v) is 8.58. The highest BCUT2D eigenvalue weighted by molar-refractivity contribution is 6.06. The Balaban J connectivity index is 1.79. The summed E-state index contributed by atoms with van der Waals surface area (Å²) in [7, 11) is 1.55. The first-order chi connectivity index (χ1) is 13.5. The molecule has 0 N–H and O–H groups in total. The van der Waals surface area contributed by atoms with Crippen molar-refractivity contribution in [2.24, 2.45) is 0 Å². The monoisotopic (exact) mass is 381 g/mol. The lowest BCUT2D eigenvalue weighted by atomic mass is 10.1. The van der Waals surface area contributed by atoms with Gasteiger partial charge in [0.2, 0.25) is 0 Å². The number of aromatic nitrogens is 4. The van der Waals surface area contributed by atoms with E-state index in [1.54, 1.807) is 36.3 Å². The van der Waals surface area contributed by atoms with Crippen LogP contribution in [0.4, 0.5) is 5.69 Å². The summed E-state index contributed by atoms with van der Waals surface area (Å²) in [6.45, 7) is 2.95. The second kappa shape index (κ2) is 8.30. The average molecular weight is 381 g/mol.